The minimum absolute atomic E-state index is 0.269. The van der Waals surface area contributed by atoms with E-state index in [0.717, 1.165) is 38.0 Å². The number of halogens is 1. The highest BCUT2D eigenvalue weighted by Crippen LogP contribution is 2.30. The molecule has 27 heavy (non-hydrogen) atoms. The van der Waals surface area contributed by atoms with E-state index in [4.69, 9.17) is 4.42 Å². The Morgan fingerprint density at radius 3 is 2.52 bits per heavy atom. The van der Waals surface area contributed by atoms with E-state index in [-0.39, 0.29) is 5.82 Å². The van der Waals surface area contributed by atoms with Crippen LogP contribution in [0.4, 0.5) is 4.39 Å². The molecule has 0 atom stereocenters. The van der Waals surface area contributed by atoms with Crippen molar-refractivity contribution in [3.63, 3.8) is 0 Å². The summed E-state index contributed by atoms with van der Waals surface area (Å²) in [6.07, 6.45) is 2.02. The van der Waals surface area contributed by atoms with Gasteiger partial charge in [-0.3, -0.25) is 4.90 Å². The number of rotatable bonds is 4. The summed E-state index contributed by atoms with van der Waals surface area (Å²) in [7, 11) is 0. The fraction of sp³-hybridized carbons (Fsp3) is 0.364. The van der Waals surface area contributed by atoms with E-state index < -0.39 is 0 Å². The van der Waals surface area contributed by atoms with E-state index in [9.17, 15) is 4.39 Å². The van der Waals surface area contributed by atoms with Gasteiger partial charge in [-0.05, 0) is 75.2 Å². The van der Waals surface area contributed by atoms with Crippen LogP contribution in [0.1, 0.15) is 41.3 Å². The maximum absolute atomic E-state index is 13.1. The van der Waals surface area contributed by atoms with Crippen LogP contribution in [0.15, 0.2) is 46.9 Å². The molecule has 4 nitrogen and oxygen atoms in total. The molecule has 1 aliphatic rings. The Bertz CT molecular complexity index is 912. The Kier molecular flexibility index (Phi) is 5.03. The molecular weight excluding hydrogens is 341 g/mol. The Labute approximate surface area is 159 Å². The van der Waals surface area contributed by atoms with Crippen molar-refractivity contribution in [3.05, 3.63) is 70.9 Å². The van der Waals surface area contributed by atoms with E-state index in [0.29, 0.717) is 17.7 Å². The molecule has 1 saturated heterocycles. The zero-order valence-corrected chi connectivity index (χ0v) is 15.8. The predicted molar refractivity (Wildman–Crippen MR) is 103 cm³/mol. The van der Waals surface area contributed by atoms with E-state index in [1.807, 2.05) is 0 Å². The molecule has 0 amide bonds. The number of hydrogen-bond acceptors (Lipinski definition) is 4. The van der Waals surface area contributed by atoms with Crippen LogP contribution in [0.3, 0.4) is 0 Å². The Morgan fingerprint density at radius 1 is 1.04 bits per heavy atom. The maximum Gasteiger partial charge on any atom is 0.247 e. The van der Waals surface area contributed by atoms with Gasteiger partial charge in [0.25, 0.3) is 0 Å². The zero-order valence-electron chi connectivity index (χ0n) is 15.8. The molecule has 2 aromatic carbocycles. The monoisotopic (exact) mass is 365 g/mol. The average molecular weight is 365 g/mol. The van der Waals surface area contributed by atoms with Gasteiger partial charge in [0.1, 0.15) is 5.82 Å². The SMILES string of the molecule is Cc1ccc(C)c(CN2CCC(c3nnc(-c4ccc(F)cc4)o3)CC2)c1. The lowest BCUT2D eigenvalue weighted by atomic mass is 9.96. The first-order valence-corrected chi connectivity index (χ1v) is 9.46. The van der Waals surface area contributed by atoms with Gasteiger partial charge in [-0.2, -0.15) is 0 Å². The molecule has 0 spiro atoms. The van der Waals surface area contributed by atoms with Gasteiger partial charge in [-0.25, -0.2) is 4.39 Å². The summed E-state index contributed by atoms with van der Waals surface area (Å²) in [5.41, 5.74) is 4.82. The summed E-state index contributed by atoms with van der Waals surface area (Å²) in [6.45, 7) is 7.35. The third-order valence-electron chi connectivity index (χ3n) is 5.37. The van der Waals surface area contributed by atoms with Crippen LogP contribution in [-0.4, -0.2) is 28.2 Å². The molecule has 0 unspecified atom stereocenters. The summed E-state index contributed by atoms with van der Waals surface area (Å²) in [6, 6.07) is 12.8. The summed E-state index contributed by atoms with van der Waals surface area (Å²) >= 11 is 0. The molecule has 0 aliphatic carbocycles. The van der Waals surface area contributed by atoms with Gasteiger partial charge in [0, 0.05) is 18.0 Å². The smallest absolute Gasteiger partial charge is 0.247 e. The van der Waals surface area contributed by atoms with Crippen LogP contribution in [-0.2, 0) is 6.54 Å². The predicted octanol–water partition coefficient (Wildman–Crippen LogP) is 4.87. The minimum atomic E-state index is -0.269. The van der Waals surface area contributed by atoms with Crippen molar-refractivity contribution >= 4 is 0 Å². The van der Waals surface area contributed by atoms with Gasteiger partial charge in [0.2, 0.25) is 11.8 Å². The molecule has 0 N–H and O–H groups in total. The standard InChI is InChI=1S/C22H24FN3O/c1-15-3-4-16(2)19(13-15)14-26-11-9-18(10-12-26)22-25-24-21(27-22)17-5-7-20(23)8-6-17/h3-8,13,18H,9-12,14H2,1-2H3. The molecule has 5 heteroatoms. The highest BCUT2D eigenvalue weighted by molar-refractivity contribution is 5.52. The second kappa shape index (κ2) is 7.61. The van der Waals surface area contributed by atoms with Crippen LogP contribution in [0.25, 0.3) is 11.5 Å². The lowest BCUT2D eigenvalue weighted by Gasteiger charge is -2.30. The molecule has 0 radical (unpaired) electrons. The second-order valence-electron chi connectivity index (χ2n) is 7.43. The number of hydrogen-bond donors (Lipinski definition) is 0. The Morgan fingerprint density at radius 2 is 1.78 bits per heavy atom. The fourth-order valence-electron chi connectivity index (χ4n) is 3.66. The number of nitrogens with zero attached hydrogens (tertiary/aromatic N) is 3. The number of benzene rings is 2. The third kappa shape index (κ3) is 4.08. The number of piperidine rings is 1. The molecular formula is C22H24FN3O. The molecule has 0 saturated carbocycles. The van der Waals surface area contributed by atoms with Crippen molar-refractivity contribution < 1.29 is 8.81 Å². The first kappa shape index (κ1) is 17.9. The van der Waals surface area contributed by atoms with Gasteiger partial charge in [-0.15, -0.1) is 10.2 Å². The van der Waals surface area contributed by atoms with E-state index in [2.05, 4.69) is 47.1 Å². The molecule has 140 valence electrons. The van der Waals surface area contributed by atoms with Crippen molar-refractivity contribution in [1.29, 1.82) is 0 Å². The number of aryl methyl sites for hydroxylation is 2. The Hall–Kier alpha value is -2.53. The lowest BCUT2D eigenvalue weighted by molar-refractivity contribution is 0.193. The summed E-state index contributed by atoms with van der Waals surface area (Å²) in [5.74, 6) is 1.18. The average Bonchev–Trinajstić information content (AvgIpc) is 3.16. The van der Waals surface area contributed by atoms with Crippen molar-refractivity contribution in [2.75, 3.05) is 13.1 Å². The van der Waals surface area contributed by atoms with Gasteiger partial charge < -0.3 is 4.42 Å². The molecule has 1 fully saturated rings. The summed E-state index contributed by atoms with van der Waals surface area (Å²) in [5, 5.41) is 8.39. The molecule has 1 aliphatic heterocycles. The molecule has 1 aromatic heterocycles. The van der Waals surface area contributed by atoms with Crippen molar-refractivity contribution in [3.8, 4) is 11.5 Å². The fourth-order valence-corrected chi connectivity index (χ4v) is 3.66. The van der Waals surface area contributed by atoms with E-state index in [1.165, 1.54) is 28.8 Å². The zero-order chi connectivity index (χ0) is 18.8. The molecule has 3 aromatic rings. The van der Waals surface area contributed by atoms with Crippen LogP contribution in [0, 0.1) is 19.7 Å². The second-order valence-corrected chi connectivity index (χ2v) is 7.43. The number of likely N-dealkylation sites (tertiary alicyclic amines) is 1. The van der Waals surface area contributed by atoms with Crippen LogP contribution in [0.5, 0.6) is 0 Å². The molecule has 4 rings (SSSR count). The van der Waals surface area contributed by atoms with Crippen LogP contribution < -0.4 is 0 Å². The minimum Gasteiger partial charge on any atom is -0.420 e. The van der Waals surface area contributed by atoms with Crippen molar-refractivity contribution in [2.24, 2.45) is 0 Å². The van der Waals surface area contributed by atoms with Gasteiger partial charge >= 0.3 is 0 Å². The third-order valence-corrected chi connectivity index (χ3v) is 5.37. The maximum atomic E-state index is 13.1. The first-order valence-electron chi connectivity index (χ1n) is 9.46. The lowest BCUT2D eigenvalue weighted by Crippen LogP contribution is -2.32. The first-order chi connectivity index (χ1) is 13.1. The van der Waals surface area contributed by atoms with E-state index >= 15 is 0 Å². The Balaban J connectivity index is 1.38. The van der Waals surface area contributed by atoms with Crippen molar-refractivity contribution in [2.45, 2.75) is 39.2 Å². The summed E-state index contributed by atoms with van der Waals surface area (Å²) in [4.78, 5) is 2.50. The highest BCUT2D eigenvalue weighted by Gasteiger charge is 2.25. The largest absolute Gasteiger partial charge is 0.420 e. The van der Waals surface area contributed by atoms with Crippen LogP contribution >= 0.6 is 0 Å². The summed E-state index contributed by atoms with van der Waals surface area (Å²) < 4.78 is 18.9. The van der Waals surface area contributed by atoms with E-state index in [1.54, 1.807) is 12.1 Å². The quantitative estimate of drug-likeness (QED) is 0.661. The van der Waals surface area contributed by atoms with Crippen molar-refractivity contribution in [1.82, 2.24) is 15.1 Å². The topological polar surface area (TPSA) is 42.2 Å². The number of aromatic nitrogens is 2. The molecule has 0 bridgehead atoms. The van der Waals surface area contributed by atoms with Gasteiger partial charge in [-0.1, -0.05) is 23.8 Å². The van der Waals surface area contributed by atoms with Crippen LogP contribution in [0.2, 0.25) is 0 Å². The molecule has 2 heterocycles. The van der Waals surface area contributed by atoms with Gasteiger partial charge in [0.05, 0.1) is 0 Å². The highest BCUT2D eigenvalue weighted by atomic mass is 19.1. The normalized spacial score (nSPS) is 16.0. The van der Waals surface area contributed by atoms with Gasteiger partial charge in [0.15, 0.2) is 0 Å².